The summed E-state index contributed by atoms with van der Waals surface area (Å²) in [4.78, 5) is 25.2. The second-order valence-electron chi connectivity index (χ2n) is 4.97. The van der Waals surface area contributed by atoms with Crippen LogP contribution in [0.1, 0.15) is 25.8 Å². The third kappa shape index (κ3) is 2.71. The molecule has 2 atom stereocenters. The average molecular weight is 292 g/mol. The number of nitrogens with two attached hydrogens (primary N) is 1. The lowest BCUT2D eigenvalue weighted by Crippen LogP contribution is -2.49. The second kappa shape index (κ2) is 6.13. The summed E-state index contributed by atoms with van der Waals surface area (Å²) in [5, 5.41) is 9.40. The summed E-state index contributed by atoms with van der Waals surface area (Å²) < 4.78 is 5.53. The molecule has 0 unspecified atom stereocenters. The zero-order valence-electron chi connectivity index (χ0n) is 12.2. The Hall–Kier alpha value is -2.08. The normalized spacial score (nSPS) is 18.2. The molecule has 6 nitrogen and oxygen atoms in total. The van der Waals surface area contributed by atoms with Crippen molar-refractivity contribution in [2.45, 2.75) is 38.8 Å². The van der Waals surface area contributed by atoms with Crippen molar-refractivity contribution in [3.63, 3.8) is 0 Å². The molecule has 0 saturated carbocycles. The SMILES string of the molecule is CCOc1cccc2c1C[C@@H](C(=O)O)N2C(=O)[C@@H](N)CC. The number of carboxylic acids is 1. The zero-order valence-corrected chi connectivity index (χ0v) is 12.2. The highest BCUT2D eigenvalue weighted by atomic mass is 16.5. The molecular weight excluding hydrogens is 272 g/mol. The molecule has 1 aromatic rings. The summed E-state index contributed by atoms with van der Waals surface area (Å²) in [5.41, 5.74) is 7.14. The number of carboxylic acid groups (broad SMARTS) is 1. The molecule has 6 heteroatoms. The molecule has 0 bridgehead atoms. The molecule has 1 aliphatic rings. The lowest BCUT2D eigenvalue weighted by molar-refractivity contribution is -0.140. The highest BCUT2D eigenvalue weighted by molar-refractivity contribution is 6.04. The minimum Gasteiger partial charge on any atom is -0.494 e. The number of nitrogens with zero attached hydrogens (tertiary/aromatic N) is 1. The molecule has 1 aromatic carbocycles. The first kappa shape index (κ1) is 15.3. The van der Waals surface area contributed by atoms with Crippen molar-refractivity contribution in [2.75, 3.05) is 11.5 Å². The van der Waals surface area contributed by atoms with Crippen LogP contribution in [0.25, 0.3) is 0 Å². The van der Waals surface area contributed by atoms with Gasteiger partial charge in [0.15, 0.2) is 0 Å². The number of rotatable bonds is 5. The fourth-order valence-electron chi connectivity index (χ4n) is 2.55. The molecule has 3 N–H and O–H groups in total. The number of aliphatic carboxylic acids is 1. The Bertz CT molecular complexity index is 559. The minimum atomic E-state index is -1.04. The third-order valence-corrected chi connectivity index (χ3v) is 3.66. The van der Waals surface area contributed by atoms with Crippen LogP contribution in [-0.2, 0) is 16.0 Å². The Balaban J connectivity index is 2.46. The van der Waals surface area contributed by atoms with Crippen molar-refractivity contribution in [1.29, 1.82) is 0 Å². The summed E-state index contributed by atoms with van der Waals surface area (Å²) in [5.74, 6) is -0.774. The summed E-state index contributed by atoms with van der Waals surface area (Å²) in [6, 6.07) is 3.65. The fourth-order valence-corrected chi connectivity index (χ4v) is 2.55. The van der Waals surface area contributed by atoms with Gasteiger partial charge in [0, 0.05) is 12.0 Å². The fraction of sp³-hybridized carbons (Fsp3) is 0.467. The summed E-state index contributed by atoms with van der Waals surface area (Å²) in [6.07, 6.45) is 0.700. The lowest BCUT2D eigenvalue weighted by atomic mass is 10.1. The maximum Gasteiger partial charge on any atom is 0.327 e. The predicted octanol–water partition coefficient (Wildman–Crippen LogP) is 1.16. The van der Waals surface area contributed by atoms with Gasteiger partial charge in [0.05, 0.1) is 18.3 Å². The van der Waals surface area contributed by atoms with Crippen molar-refractivity contribution in [1.82, 2.24) is 0 Å². The van der Waals surface area contributed by atoms with Gasteiger partial charge in [-0.1, -0.05) is 13.0 Å². The smallest absolute Gasteiger partial charge is 0.327 e. The zero-order chi connectivity index (χ0) is 15.6. The van der Waals surface area contributed by atoms with E-state index in [0.717, 1.165) is 5.56 Å². The van der Waals surface area contributed by atoms with Crippen LogP contribution in [-0.4, -0.2) is 35.7 Å². The van der Waals surface area contributed by atoms with Gasteiger partial charge in [-0.15, -0.1) is 0 Å². The number of benzene rings is 1. The predicted molar refractivity (Wildman–Crippen MR) is 78.5 cm³/mol. The topological polar surface area (TPSA) is 92.9 Å². The molecule has 0 spiro atoms. The van der Waals surface area contributed by atoms with E-state index < -0.39 is 18.1 Å². The van der Waals surface area contributed by atoms with Crippen LogP contribution < -0.4 is 15.4 Å². The van der Waals surface area contributed by atoms with E-state index in [9.17, 15) is 14.7 Å². The largest absolute Gasteiger partial charge is 0.494 e. The number of carbonyl (C=O) groups is 2. The molecule has 114 valence electrons. The van der Waals surface area contributed by atoms with Crippen LogP contribution >= 0.6 is 0 Å². The molecule has 0 fully saturated rings. The van der Waals surface area contributed by atoms with Gasteiger partial charge in [-0.2, -0.15) is 0 Å². The molecular formula is C15H20N2O4. The number of anilines is 1. The summed E-state index contributed by atoms with van der Waals surface area (Å²) in [7, 11) is 0. The Morgan fingerprint density at radius 1 is 1.48 bits per heavy atom. The molecule has 0 aromatic heterocycles. The number of hydrogen-bond acceptors (Lipinski definition) is 4. The van der Waals surface area contributed by atoms with Crippen molar-refractivity contribution >= 4 is 17.6 Å². The van der Waals surface area contributed by atoms with E-state index in [0.29, 0.717) is 24.5 Å². The van der Waals surface area contributed by atoms with Crippen LogP contribution in [0.5, 0.6) is 5.75 Å². The van der Waals surface area contributed by atoms with Gasteiger partial charge < -0.3 is 15.6 Å². The number of carbonyl (C=O) groups excluding carboxylic acids is 1. The molecule has 1 heterocycles. The maximum absolute atomic E-state index is 12.4. The number of amides is 1. The Kier molecular flexibility index (Phi) is 4.47. The van der Waals surface area contributed by atoms with Gasteiger partial charge in [0.1, 0.15) is 11.8 Å². The van der Waals surface area contributed by atoms with Crippen LogP contribution in [0.15, 0.2) is 18.2 Å². The maximum atomic E-state index is 12.4. The number of ether oxygens (including phenoxy) is 1. The van der Waals surface area contributed by atoms with Crippen molar-refractivity contribution < 1.29 is 19.4 Å². The van der Waals surface area contributed by atoms with Gasteiger partial charge in [-0.25, -0.2) is 4.79 Å². The van der Waals surface area contributed by atoms with E-state index in [2.05, 4.69) is 0 Å². The molecule has 1 amide bonds. The van der Waals surface area contributed by atoms with E-state index in [1.807, 2.05) is 6.92 Å². The van der Waals surface area contributed by atoms with Gasteiger partial charge >= 0.3 is 5.97 Å². The molecule has 0 aliphatic carbocycles. The lowest BCUT2D eigenvalue weighted by Gasteiger charge is -2.25. The van der Waals surface area contributed by atoms with Gasteiger partial charge in [0.25, 0.3) is 0 Å². The Labute approximate surface area is 123 Å². The van der Waals surface area contributed by atoms with Crippen molar-refractivity contribution in [3.8, 4) is 5.75 Å². The van der Waals surface area contributed by atoms with Crippen LogP contribution in [0.4, 0.5) is 5.69 Å². The second-order valence-corrected chi connectivity index (χ2v) is 4.97. The first-order valence-corrected chi connectivity index (χ1v) is 7.07. The first-order valence-electron chi connectivity index (χ1n) is 7.07. The number of fused-ring (bicyclic) bond motifs is 1. The van der Waals surface area contributed by atoms with Crippen molar-refractivity contribution in [2.24, 2.45) is 5.73 Å². The number of hydrogen-bond donors (Lipinski definition) is 2. The molecule has 1 aliphatic heterocycles. The van der Waals surface area contributed by atoms with Crippen LogP contribution in [0.2, 0.25) is 0 Å². The summed E-state index contributed by atoms with van der Waals surface area (Å²) in [6.45, 7) is 4.14. The van der Waals surface area contributed by atoms with E-state index in [1.54, 1.807) is 25.1 Å². The average Bonchev–Trinajstić information content (AvgIpc) is 2.86. The summed E-state index contributed by atoms with van der Waals surface area (Å²) >= 11 is 0. The van der Waals surface area contributed by atoms with Gasteiger partial charge in [-0.05, 0) is 25.5 Å². The highest BCUT2D eigenvalue weighted by Crippen LogP contribution is 2.38. The van der Waals surface area contributed by atoms with Crippen LogP contribution in [0.3, 0.4) is 0 Å². The van der Waals surface area contributed by atoms with Crippen molar-refractivity contribution in [3.05, 3.63) is 23.8 Å². The molecule has 2 rings (SSSR count). The van der Waals surface area contributed by atoms with Gasteiger partial charge in [0.2, 0.25) is 5.91 Å². The van der Waals surface area contributed by atoms with E-state index in [4.69, 9.17) is 10.5 Å². The van der Waals surface area contributed by atoms with E-state index in [-0.39, 0.29) is 12.3 Å². The van der Waals surface area contributed by atoms with Crippen LogP contribution in [0, 0.1) is 0 Å². The standard InChI is InChI=1S/C15H20N2O4/c1-3-10(16)14(18)17-11-6-5-7-13(21-4-2)9(11)8-12(17)15(19)20/h5-7,10,12H,3-4,8,16H2,1-2H3,(H,19,20)/t10-,12-/m0/s1. The van der Waals surface area contributed by atoms with E-state index >= 15 is 0 Å². The quantitative estimate of drug-likeness (QED) is 0.849. The molecule has 0 radical (unpaired) electrons. The Morgan fingerprint density at radius 3 is 2.76 bits per heavy atom. The van der Waals surface area contributed by atoms with E-state index in [1.165, 1.54) is 4.90 Å². The molecule has 0 saturated heterocycles. The van der Waals surface area contributed by atoms with Gasteiger partial charge in [-0.3, -0.25) is 9.69 Å². The third-order valence-electron chi connectivity index (χ3n) is 3.66. The Morgan fingerprint density at radius 2 is 2.19 bits per heavy atom. The highest BCUT2D eigenvalue weighted by Gasteiger charge is 2.41. The molecule has 21 heavy (non-hydrogen) atoms. The monoisotopic (exact) mass is 292 g/mol. The minimum absolute atomic E-state index is 0.239. The first-order chi connectivity index (χ1) is 10.0.